The Morgan fingerprint density at radius 1 is 1.36 bits per heavy atom. The van der Waals surface area contributed by atoms with Crippen LogP contribution in [0.15, 0.2) is 18.2 Å². The number of ether oxygens (including phenoxy) is 1. The predicted octanol–water partition coefficient (Wildman–Crippen LogP) is 3.79. The third-order valence-corrected chi connectivity index (χ3v) is 2.22. The highest BCUT2D eigenvalue weighted by Gasteiger charge is 2.00. The van der Waals surface area contributed by atoms with Gasteiger partial charge in [0.2, 0.25) is 0 Å². The Balaban J connectivity index is 2.55. The lowest BCUT2D eigenvalue weighted by atomic mass is 10.0. The zero-order valence-corrected chi connectivity index (χ0v) is 9.34. The molecule has 0 bridgehead atoms. The van der Waals surface area contributed by atoms with E-state index in [0.29, 0.717) is 5.92 Å². The van der Waals surface area contributed by atoms with Crippen molar-refractivity contribution in [3.05, 3.63) is 29.8 Å². The van der Waals surface area contributed by atoms with Crippen LogP contribution >= 0.6 is 0 Å². The highest BCUT2D eigenvalue weighted by Crippen LogP contribution is 2.19. The molecule has 0 fully saturated rings. The third-order valence-electron chi connectivity index (χ3n) is 2.22. The summed E-state index contributed by atoms with van der Waals surface area (Å²) in [7, 11) is 0. The van der Waals surface area contributed by atoms with Crippen molar-refractivity contribution in [2.75, 3.05) is 6.61 Å². The molecule has 0 saturated carbocycles. The van der Waals surface area contributed by atoms with E-state index in [1.54, 1.807) is 0 Å². The van der Waals surface area contributed by atoms with Crippen LogP contribution in [0.2, 0.25) is 0 Å². The lowest BCUT2D eigenvalue weighted by Crippen LogP contribution is -1.97. The molecule has 0 aliphatic carbocycles. The van der Waals surface area contributed by atoms with Gasteiger partial charge in [-0.15, -0.1) is 0 Å². The lowest BCUT2D eigenvalue weighted by molar-refractivity contribution is 0.309. The first-order valence-corrected chi connectivity index (χ1v) is 5.38. The van der Waals surface area contributed by atoms with Gasteiger partial charge in [-0.3, -0.25) is 0 Å². The van der Waals surface area contributed by atoms with Gasteiger partial charge in [0, 0.05) is 0 Å². The minimum Gasteiger partial charge on any atom is -0.494 e. The van der Waals surface area contributed by atoms with Gasteiger partial charge in [-0.1, -0.05) is 33.3 Å². The molecule has 0 heterocycles. The molecule has 0 amide bonds. The van der Waals surface area contributed by atoms with Crippen molar-refractivity contribution in [2.24, 2.45) is 0 Å². The second kappa shape index (κ2) is 5.69. The zero-order chi connectivity index (χ0) is 10.4. The molecule has 1 radical (unpaired) electrons. The van der Waals surface area contributed by atoms with Crippen molar-refractivity contribution < 1.29 is 4.74 Å². The highest BCUT2D eigenvalue weighted by atomic mass is 16.5. The summed E-state index contributed by atoms with van der Waals surface area (Å²) in [6.07, 6.45) is 2.29. The Kier molecular flexibility index (Phi) is 4.51. The Bertz CT molecular complexity index is 266. The molecule has 0 spiro atoms. The predicted molar refractivity (Wildman–Crippen MR) is 59.8 cm³/mol. The summed E-state index contributed by atoms with van der Waals surface area (Å²) in [5, 5.41) is 0. The van der Waals surface area contributed by atoms with Crippen molar-refractivity contribution in [3.8, 4) is 5.75 Å². The van der Waals surface area contributed by atoms with Gasteiger partial charge in [-0.2, -0.15) is 0 Å². The third kappa shape index (κ3) is 3.41. The Hall–Kier alpha value is -0.980. The van der Waals surface area contributed by atoms with Crippen molar-refractivity contribution in [1.29, 1.82) is 0 Å². The molecule has 0 saturated heterocycles. The zero-order valence-electron chi connectivity index (χ0n) is 9.34. The number of rotatable bonds is 5. The van der Waals surface area contributed by atoms with Crippen LogP contribution in [0.1, 0.15) is 45.1 Å². The van der Waals surface area contributed by atoms with Gasteiger partial charge in [0.25, 0.3) is 0 Å². The summed E-state index contributed by atoms with van der Waals surface area (Å²) >= 11 is 0. The molecular formula is C13H19O. The van der Waals surface area contributed by atoms with E-state index in [1.165, 1.54) is 12.0 Å². The fourth-order valence-corrected chi connectivity index (χ4v) is 1.22. The SMILES string of the molecule is CCCCOc1c[c]cc(C(C)C)c1. The van der Waals surface area contributed by atoms with Gasteiger partial charge >= 0.3 is 0 Å². The van der Waals surface area contributed by atoms with E-state index >= 15 is 0 Å². The standard InChI is InChI=1S/C13H19O/c1-4-5-9-14-13-8-6-7-12(10-13)11(2)3/h7-8,10-11H,4-5,9H2,1-3H3. The molecule has 0 N–H and O–H groups in total. The maximum absolute atomic E-state index is 5.61. The van der Waals surface area contributed by atoms with E-state index in [9.17, 15) is 0 Å². The summed E-state index contributed by atoms with van der Waals surface area (Å²) in [6.45, 7) is 7.34. The first-order valence-electron chi connectivity index (χ1n) is 5.38. The molecule has 0 atom stereocenters. The van der Waals surface area contributed by atoms with Gasteiger partial charge in [0.1, 0.15) is 5.75 Å². The summed E-state index contributed by atoms with van der Waals surface area (Å²) in [5.41, 5.74) is 1.29. The summed E-state index contributed by atoms with van der Waals surface area (Å²) in [5.74, 6) is 1.49. The fourth-order valence-electron chi connectivity index (χ4n) is 1.22. The highest BCUT2D eigenvalue weighted by molar-refractivity contribution is 5.29. The van der Waals surface area contributed by atoms with Crippen LogP contribution in [0.3, 0.4) is 0 Å². The normalized spacial score (nSPS) is 10.6. The molecule has 14 heavy (non-hydrogen) atoms. The smallest absolute Gasteiger partial charge is 0.120 e. The largest absolute Gasteiger partial charge is 0.494 e. The molecule has 1 aromatic rings. The van der Waals surface area contributed by atoms with E-state index in [0.717, 1.165) is 18.8 Å². The first kappa shape index (κ1) is 11.1. The molecule has 0 aromatic heterocycles. The minimum atomic E-state index is 0.543. The van der Waals surface area contributed by atoms with Crippen molar-refractivity contribution in [1.82, 2.24) is 0 Å². The topological polar surface area (TPSA) is 9.23 Å². The molecule has 77 valence electrons. The number of hydrogen-bond acceptors (Lipinski definition) is 1. The van der Waals surface area contributed by atoms with Crippen LogP contribution in [-0.2, 0) is 0 Å². The average molecular weight is 191 g/mol. The van der Waals surface area contributed by atoms with Crippen molar-refractivity contribution >= 4 is 0 Å². The second-order valence-electron chi connectivity index (χ2n) is 3.86. The van der Waals surface area contributed by atoms with Crippen molar-refractivity contribution in [3.63, 3.8) is 0 Å². The molecule has 1 rings (SSSR count). The first-order chi connectivity index (χ1) is 6.74. The second-order valence-corrected chi connectivity index (χ2v) is 3.86. The van der Waals surface area contributed by atoms with Crippen LogP contribution in [0.4, 0.5) is 0 Å². The van der Waals surface area contributed by atoms with Gasteiger partial charge in [0.05, 0.1) is 6.61 Å². The summed E-state index contributed by atoms with van der Waals surface area (Å²) < 4.78 is 5.61. The van der Waals surface area contributed by atoms with Crippen LogP contribution in [0, 0.1) is 6.07 Å². The molecule has 1 aromatic carbocycles. The number of benzene rings is 1. The fraction of sp³-hybridized carbons (Fsp3) is 0.538. The van der Waals surface area contributed by atoms with E-state index in [-0.39, 0.29) is 0 Å². The molecule has 0 aliphatic heterocycles. The van der Waals surface area contributed by atoms with Crippen molar-refractivity contribution in [2.45, 2.75) is 39.5 Å². The average Bonchev–Trinajstić information content (AvgIpc) is 2.19. The minimum absolute atomic E-state index is 0.543. The molecular weight excluding hydrogens is 172 g/mol. The van der Waals surface area contributed by atoms with Gasteiger partial charge < -0.3 is 4.74 Å². The number of hydrogen-bond donors (Lipinski definition) is 0. The van der Waals surface area contributed by atoms with Gasteiger partial charge in [-0.05, 0) is 36.1 Å². The summed E-state index contributed by atoms with van der Waals surface area (Å²) in [4.78, 5) is 0. The number of unbranched alkanes of at least 4 members (excludes halogenated alkanes) is 1. The van der Waals surface area contributed by atoms with E-state index in [2.05, 4.69) is 32.9 Å². The van der Waals surface area contributed by atoms with Crippen LogP contribution in [0.25, 0.3) is 0 Å². The maximum atomic E-state index is 5.61. The molecule has 1 nitrogen and oxygen atoms in total. The Morgan fingerprint density at radius 3 is 2.79 bits per heavy atom. The molecule has 0 unspecified atom stereocenters. The van der Waals surface area contributed by atoms with E-state index in [4.69, 9.17) is 4.74 Å². The van der Waals surface area contributed by atoms with E-state index < -0.39 is 0 Å². The van der Waals surface area contributed by atoms with Gasteiger partial charge in [-0.25, -0.2) is 0 Å². The van der Waals surface area contributed by atoms with Crippen LogP contribution < -0.4 is 4.74 Å². The van der Waals surface area contributed by atoms with Gasteiger partial charge in [0.15, 0.2) is 0 Å². The van der Waals surface area contributed by atoms with Crippen LogP contribution in [-0.4, -0.2) is 6.61 Å². The molecule has 0 aliphatic rings. The quantitative estimate of drug-likeness (QED) is 0.643. The Morgan fingerprint density at radius 2 is 2.14 bits per heavy atom. The summed E-state index contributed by atoms with van der Waals surface area (Å²) in [6, 6.07) is 9.15. The Labute approximate surface area is 87.1 Å². The van der Waals surface area contributed by atoms with E-state index in [1.807, 2.05) is 12.1 Å². The molecule has 1 heteroatoms. The monoisotopic (exact) mass is 191 g/mol. The van der Waals surface area contributed by atoms with Crippen LogP contribution in [0.5, 0.6) is 5.75 Å². The maximum Gasteiger partial charge on any atom is 0.120 e. The lowest BCUT2D eigenvalue weighted by Gasteiger charge is -2.09.